The quantitative estimate of drug-likeness (QED) is 0.0668. The number of hydrogen-bond donors (Lipinski definition) is 2. The molecule has 2 aromatic heterocycles. The van der Waals surface area contributed by atoms with Crippen LogP contribution in [0.15, 0.2) is 72.8 Å². The topological polar surface area (TPSA) is 202 Å². The van der Waals surface area contributed by atoms with Crippen LogP contribution in [0.3, 0.4) is 0 Å². The third-order valence-corrected chi connectivity index (χ3v) is 7.81. The van der Waals surface area contributed by atoms with Gasteiger partial charge in [0.1, 0.15) is 11.6 Å². The van der Waals surface area contributed by atoms with E-state index >= 15 is 0 Å². The number of aromatic nitrogens is 6. The Labute approximate surface area is 308 Å². The molecule has 1 unspecified atom stereocenters. The lowest BCUT2D eigenvalue weighted by atomic mass is 9.98. The molecule has 278 valence electrons. The van der Waals surface area contributed by atoms with Crippen molar-refractivity contribution in [1.82, 2.24) is 35.1 Å². The Kier molecular flexibility index (Phi) is 13.2. The van der Waals surface area contributed by atoms with Gasteiger partial charge in [-0.15, -0.1) is 10.2 Å². The normalized spacial score (nSPS) is 11.7. The summed E-state index contributed by atoms with van der Waals surface area (Å²) in [5, 5.41) is 29.3. The first kappa shape index (κ1) is 38.5. The zero-order valence-electron chi connectivity index (χ0n) is 28.9. The van der Waals surface area contributed by atoms with E-state index in [0.717, 1.165) is 34.3 Å². The van der Waals surface area contributed by atoms with Crippen LogP contribution in [0.1, 0.15) is 61.1 Å². The van der Waals surface area contributed by atoms with Crippen molar-refractivity contribution in [3.63, 3.8) is 0 Å². The number of esters is 1. The lowest BCUT2D eigenvalue weighted by Crippen LogP contribution is -2.24. The second kappa shape index (κ2) is 18.2. The third-order valence-electron chi connectivity index (χ3n) is 7.55. The van der Waals surface area contributed by atoms with Crippen LogP contribution in [0.25, 0.3) is 22.5 Å². The number of aryl methyl sites for hydroxylation is 1. The van der Waals surface area contributed by atoms with Gasteiger partial charge in [-0.2, -0.15) is 0 Å². The van der Waals surface area contributed by atoms with Gasteiger partial charge >= 0.3 is 18.2 Å². The highest BCUT2D eigenvalue weighted by atomic mass is 35.5. The minimum atomic E-state index is -1.23. The fourth-order valence-corrected chi connectivity index (χ4v) is 5.43. The number of halogens is 1. The van der Waals surface area contributed by atoms with Crippen LogP contribution in [-0.4, -0.2) is 76.7 Å². The number of rotatable bonds is 15. The van der Waals surface area contributed by atoms with E-state index in [-0.39, 0.29) is 42.2 Å². The van der Waals surface area contributed by atoms with Crippen molar-refractivity contribution in [2.45, 2.75) is 59.5 Å². The molecule has 0 saturated carbocycles. The lowest BCUT2D eigenvalue weighted by Gasteiger charge is -2.16. The average Bonchev–Trinajstić information content (AvgIpc) is 3.75. The van der Waals surface area contributed by atoms with Gasteiger partial charge in [0, 0.05) is 25.5 Å². The molecule has 2 heterocycles. The fraction of sp³-hybridized carbons (Fsp3) is 0.286. The second-order valence-corrected chi connectivity index (χ2v) is 11.7. The van der Waals surface area contributed by atoms with Crippen LogP contribution < -0.4 is 4.74 Å². The highest BCUT2D eigenvalue weighted by molar-refractivity contribution is 6.32. The van der Waals surface area contributed by atoms with Crippen molar-refractivity contribution in [2.24, 2.45) is 0 Å². The minimum Gasteiger partial charge on any atom is -0.435 e. The molecule has 0 saturated heterocycles. The number of hydrogen-bond acceptors (Lipinski definition) is 15. The van der Waals surface area contributed by atoms with Gasteiger partial charge in [-0.05, 0) is 52.9 Å². The molecule has 0 fully saturated rings. The largest absolute Gasteiger partial charge is 0.511 e. The molecule has 1 atom stereocenters. The van der Waals surface area contributed by atoms with Crippen molar-refractivity contribution in [2.75, 3.05) is 6.61 Å². The molecule has 0 bridgehead atoms. The van der Waals surface area contributed by atoms with Crippen LogP contribution in [0.4, 0.5) is 9.59 Å². The molecule has 5 aromatic rings. The molecule has 0 amide bonds. The van der Waals surface area contributed by atoms with E-state index in [0.29, 0.717) is 23.4 Å². The van der Waals surface area contributed by atoms with E-state index in [1.165, 1.54) is 19.1 Å². The number of benzene rings is 3. The Morgan fingerprint density at radius 3 is 2.42 bits per heavy atom. The molecule has 0 radical (unpaired) electrons. The number of carbonyl (C=O) groups is 3. The number of tetrazole rings is 1. The van der Waals surface area contributed by atoms with Gasteiger partial charge in [0.05, 0.1) is 18.6 Å². The molecule has 0 aliphatic rings. The summed E-state index contributed by atoms with van der Waals surface area (Å²) < 4.78 is 22.1. The molecule has 5 rings (SSSR count). The summed E-state index contributed by atoms with van der Waals surface area (Å²) in [6.07, 6.45) is -0.835. The highest BCUT2D eigenvalue weighted by Crippen LogP contribution is 2.31. The molecular formula is C35H36ClN7O10. The summed E-state index contributed by atoms with van der Waals surface area (Å²) in [5.74, 6) is 0.117. The molecule has 17 nitrogen and oxygen atoms in total. The van der Waals surface area contributed by atoms with Crippen LogP contribution in [0, 0.1) is 0 Å². The molecule has 2 N–H and O–H groups in total. The highest BCUT2D eigenvalue weighted by Gasteiger charge is 2.26. The van der Waals surface area contributed by atoms with Crippen LogP contribution in [0.2, 0.25) is 5.15 Å². The van der Waals surface area contributed by atoms with Gasteiger partial charge in [-0.25, -0.2) is 24.2 Å². The van der Waals surface area contributed by atoms with Crippen molar-refractivity contribution in [1.29, 1.82) is 0 Å². The second-order valence-electron chi connectivity index (χ2n) is 11.3. The predicted octanol–water partition coefficient (Wildman–Crippen LogP) is 6.48. The van der Waals surface area contributed by atoms with E-state index in [1.807, 2.05) is 43.3 Å². The number of ether oxygens (including phenoxy) is 4. The van der Waals surface area contributed by atoms with Crippen molar-refractivity contribution in [3.05, 3.63) is 101 Å². The Balaban J connectivity index is 1.33. The maximum atomic E-state index is 13.2. The summed E-state index contributed by atoms with van der Waals surface area (Å²) in [6.45, 7) is 5.22. The average molecular weight is 750 g/mol. The Morgan fingerprint density at radius 1 is 0.943 bits per heavy atom. The zero-order valence-corrected chi connectivity index (χ0v) is 29.7. The summed E-state index contributed by atoms with van der Waals surface area (Å²) in [7, 11) is 0. The summed E-state index contributed by atoms with van der Waals surface area (Å²) >= 11 is 6.46. The molecule has 0 aliphatic carbocycles. The molecule has 0 aliphatic heterocycles. The lowest BCUT2D eigenvalue weighted by molar-refractivity contribution is -0.497. The molecule has 0 spiro atoms. The Hall–Kier alpha value is -5.72. The minimum absolute atomic E-state index is 0.0281. The SMILES string of the molecule is CCCCc1nc(Cl)c(C(=O)OC(C)OC(=O)OCC)n1Cc1ccc(-c2ccccc2-c2nnn(C(=O)Oc3cccc(CON(O)O)c3)n2)cc1. The molecule has 53 heavy (non-hydrogen) atoms. The number of imidazole rings is 1. The van der Waals surface area contributed by atoms with Gasteiger partial charge in [0.2, 0.25) is 12.1 Å². The van der Waals surface area contributed by atoms with E-state index in [4.69, 9.17) is 41.0 Å². The van der Waals surface area contributed by atoms with Crippen molar-refractivity contribution in [3.8, 4) is 28.3 Å². The van der Waals surface area contributed by atoms with Crippen molar-refractivity contribution >= 4 is 29.8 Å². The number of nitrogens with zero attached hydrogens (tertiary/aromatic N) is 7. The molecule has 3 aromatic carbocycles. The van der Waals surface area contributed by atoms with Gasteiger partial charge in [-0.1, -0.05) is 90.4 Å². The van der Waals surface area contributed by atoms with Gasteiger partial charge in [-0.3, -0.25) is 10.4 Å². The van der Waals surface area contributed by atoms with E-state index in [1.54, 1.807) is 35.8 Å². The van der Waals surface area contributed by atoms with Crippen LogP contribution in [0.5, 0.6) is 5.75 Å². The fourth-order valence-electron chi connectivity index (χ4n) is 5.15. The first-order valence-corrected chi connectivity index (χ1v) is 16.8. The van der Waals surface area contributed by atoms with Crippen molar-refractivity contribution < 1.29 is 48.6 Å². The number of carbonyl (C=O) groups excluding carboxylic acids is 3. The summed E-state index contributed by atoms with van der Waals surface area (Å²) in [4.78, 5) is 47.5. The van der Waals surface area contributed by atoms with Gasteiger partial charge in [0.15, 0.2) is 10.8 Å². The van der Waals surface area contributed by atoms with E-state index < -0.39 is 29.9 Å². The maximum absolute atomic E-state index is 13.2. The Morgan fingerprint density at radius 2 is 1.70 bits per heavy atom. The number of unbranched alkanes of at least 4 members (excludes halogenated alkanes) is 1. The molecule has 18 heteroatoms. The van der Waals surface area contributed by atoms with E-state index in [9.17, 15) is 14.4 Å². The summed E-state index contributed by atoms with van der Waals surface area (Å²) in [6, 6.07) is 21.1. The van der Waals surface area contributed by atoms with Gasteiger partial charge in [0.25, 0.3) is 0 Å². The van der Waals surface area contributed by atoms with E-state index in [2.05, 4.69) is 25.2 Å². The zero-order chi connectivity index (χ0) is 37.9. The summed E-state index contributed by atoms with van der Waals surface area (Å²) in [5.41, 5.74) is 3.53. The first-order valence-electron chi connectivity index (χ1n) is 16.5. The Bertz CT molecular complexity index is 2030. The monoisotopic (exact) mass is 749 g/mol. The maximum Gasteiger partial charge on any atom is 0.511 e. The first-order chi connectivity index (χ1) is 25.6. The van der Waals surface area contributed by atoms with Crippen LogP contribution in [-0.2, 0) is 38.6 Å². The molecular weight excluding hydrogens is 714 g/mol. The standard InChI is InChI=1S/C35H36ClN7O10/c1-4-6-14-29-37-31(36)30(33(44)51-22(3)52-35(46)49-5-2)41(29)20-23-15-17-25(18-16-23)27-12-7-8-13-28(27)32-38-40-42(39-32)34(45)53-26-11-9-10-24(19-26)21-50-43(47)48/h7-13,15-19,22,47-48H,4-6,14,20-21H2,1-3H3. The van der Waals surface area contributed by atoms with Crippen LogP contribution >= 0.6 is 11.6 Å². The smallest absolute Gasteiger partial charge is 0.435 e. The third kappa shape index (κ3) is 10.2. The predicted molar refractivity (Wildman–Crippen MR) is 185 cm³/mol. The van der Waals surface area contributed by atoms with Gasteiger partial charge < -0.3 is 23.5 Å².